The van der Waals surface area contributed by atoms with E-state index in [-0.39, 0.29) is 84.1 Å². The van der Waals surface area contributed by atoms with Crippen LogP contribution in [-0.4, -0.2) is 70.0 Å². The SMILES string of the molecule is CNCc1cc2cccc3c2c2c1CCc1cc([C@@H]4CC[C@@H]5[C@@H]6C=C[C@H]4[C@@]5(O)[C@H](Cc4ccccc4)[C@@H]([C@]4(N=C(N)N)Oc5ccc7c(c5)CC[C@@H](C)[C@@H]7C[C@@H](S(=O)(=O)O)[C@H]5C=C7C[C@H](C[C@H]8C[C@@H](CO)CC#Cc9cc(O)ccc9[C@@H]7O8)[C@@H]5c5ccc4cc5)C6)ccc1[C@H](O)[C@@H]2C=C3. The average molecular weight is 1340 g/mol. The zero-order valence-corrected chi connectivity index (χ0v) is 57.2. The molecule has 3 fully saturated rings. The number of aliphatic hydroxyl groups excluding tert-OH is 2. The number of hydrogen-bond donors (Lipinski definition) is 8. The number of aliphatic imine (C=N–C) groups is 1. The van der Waals surface area contributed by atoms with E-state index in [1.807, 2.05) is 25.2 Å². The molecule has 2 saturated carbocycles. The van der Waals surface area contributed by atoms with Gasteiger partial charge in [-0.1, -0.05) is 152 Å². The fraction of sp³-hybridized carbons (Fsp3) is 0.424. The molecule has 0 radical (unpaired) electrons. The van der Waals surface area contributed by atoms with E-state index < -0.39 is 62.6 Å². The molecule has 5 aliphatic heterocycles. The predicted molar refractivity (Wildman–Crippen MR) is 386 cm³/mol. The first kappa shape index (κ1) is 64.5. The van der Waals surface area contributed by atoms with E-state index in [2.05, 4.69) is 158 Å². The summed E-state index contributed by atoms with van der Waals surface area (Å²) < 4.78 is 56.6. The molecule has 510 valence electrons. The lowest BCUT2D eigenvalue weighted by Crippen LogP contribution is -2.67. The summed E-state index contributed by atoms with van der Waals surface area (Å²) in [6, 6.07) is 45.8. The Hall–Kier alpha value is -7.84. The van der Waals surface area contributed by atoms with E-state index in [9.17, 15) is 33.4 Å². The molecule has 0 amide bonds. The lowest BCUT2D eigenvalue weighted by atomic mass is 9.44. The summed E-state index contributed by atoms with van der Waals surface area (Å²) in [7, 11) is -2.74. The second kappa shape index (κ2) is 25.0. The number of benzene rings is 7. The summed E-state index contributed by atoms with van der Waals surface area (Å²) in [4.78, 5) is 5.48. The van der Waals surface area contributed by atoms with Crippen molar-refractivity contribution in [1.29, 1.82) is 0 Å². The van der Waals surface area contributed by atoms with Crippen molar-refractivity contribution in [3.63, 3.8) is 0 Å². The van der Waals surface area contributed by atoms with Gasteiger partial charge in [0.05, 0.1) is 23.1 Å². The third kappa shape index (κ3) is 10.9. The molecular weight excluding hydrogens is 1250 g/mol. The molecule has 12 aliphatic rings. The van der Waals surface area contributed by atoms with E-state index >= 15 is 0 Å². The number of fused-ring (bicyclic) bond motifs is 9. The molecule has 1 saturated heterocycles. The number of nitrogens with one attached hydrogen (secondary N) is 1. The Bertz CT molecular complexity index is 4670. The summed E-state index contributed by atoms with van der Waals surface area (Å²) >= 11 is 0. The first-order chi connectivity index (χ1) is 48.0. The largest absolute Gasteiger partial charge is 0.508 e. The topological polar surface area (TPSA) is 230 Å². The van der Waals surface area contributed by atoms with Gasteiger partial charge >= 0.3 is 0 Å². The van der Waals surface area contributed by atoms with Gasteiger partial charge in [0.1, 0.15) is 17.6 Å². The predicted octanol–water partition coefficient (Wildman–Crippen LogP) is 13.6. The number of aromatic hydroxyl groups is 1. The molecule has 5 heterocycles. The van der Waals surface area contributed by atoms with Crippen molar-refractivity contribution in [1.82, 2.24) is 5.32 Å². The van der Waals surface area contributed by atoms with Gasteiger partial charge in [-0.05, 0) is 239 Å². The minimum absolute atomic E-state index is 0.0617. The summed E-state index contributed by atoms with van der Waals surface area (Å²) in [5.74, 6) is 3.61. The summed E-state index contributed by atoms with van der Waals surface area (Å²) in [6.07, 6.45) is 17.6. The van der Waals surface area contributed by atoms with Crippen molar-refractivity contribution in [2.75, 3.05) is 13.7 Å². The van der Waals surface area contributed by atoms with Gasteiger partial charge in [0.2, 0.25) is 5.72 Å². The molecule has 0 spiro atoms. The average Bonchev–Trinajstić information content (AvgIpc) is 0.814. The van der Waals surface area contributed by atoms with Gasteiger partial charge in [0, 0.05) is 65.9 Å². The van der Waals surface area contributed by atoms with Gasteiger partial charge in [-0.2, -0.15) is 8.42 Å². The van der Waals surface area contributed by atoms with Gasteiger partial charge < -0.3 is 46.7 Å². The number of nitrogens with zero attached hydrogens (tertiary/aromatic N) is 1. The molecule has 19 atom stereocenters. The third-order valence-corrected chi connectivity index (χ3v) is 27.1. The molecule has 19 rings (SSSR count). The smallest absolute Gasteiger partial charge is 0.268 e. The Morgan fingerprint density at radius 3 is 2.41 bits per heavy atom. The van der Waals surface area contributed by atoms with Crippen molar-refractivity contribution in [3.05, 3.63) is 241 Å². The van der Waals surface area contributed by atoms with Gasteiger partial charge in [-0.15, -0.1) is 0 Å². The highest BCUT2D eigenvalue weighted by atomic mass is 32.2. The van der Waals surface area contributed by atoms with Crippen LogP contribution in [0.2, 0.25) is 0 Å². The first-order valence-electron chi connectivity index (χ1n) is 36.4. The van der Waals surface area contributed by atoms with Crippen LogP contribution in [-0.2, 0) is 52.8 Å². The normalized spacial score (nSPS) is 33.6. The Labute approximate surface area is 581 Å². The van der Waals surface area contributed by atoms with Crippen LogP contribution in [0, 0.1) is 65.1 Å². The molecule has 0 aromatic heterocycles. The maximum atomic E-state index is 14.9. The highest BCUT2D eigenvalue weighted by Gasteiger charge is 2.66. The summed E-state index contributed by atoms with van der Waals surface area (Å²) in [5, 5.41) is 54.1. The lowest BCUT2D eigenvalue weighted by molar-refractivity contribution is -0.213. The van der Waals surface area contributed by atoms with E-state index in [0.29, 0.717) is 55.4 Å². The third-order valence-electron chi connectivity index (χ3n) is 25.9. The Morgan fingerprint density at radius 2 is 1.61 bits per heavy atom. The van der Waals surface area contributed by atoms with Crippen molar-refractivity contribution >= 4 is 32.9 Å². The van der Waals surface area contributed by atoms with Crippen LogP contribution in [0.3, 0.4) is 0 Å². The molecule has 14 bridgehead atoms. The summed E-state index contributed by atoms with van der Waals surface area (Å²) in [6.45, 7) is 2.83. The Kier molecular flexibility index (Phi) is 16.3. The number of hydrogen-bond acceptors (Lipinski definition) is 10. The van der Waals surface area contributed by atoms with Gasteiger partial charge in [-0.25, -0.2) is 4.99 Å². The fourth-order valence-electron chi connectivity index (χ4n) is 21.6. The van der Waals surface area contributed by atoms with Gasteiger partial charge in [0.25, 0.3) is 10.1 Å². The number of guanidine groups is 1. The van der Waals surface area contributed by atoms with Crippen molar-refractivity contribution in [2.24, 2.45) is 69.7 Å². The van der Waals surface area contributed by atoms with Crippen LogP contribution in [0.4, 0.5) is 0 Å². The first-order valence-corrected chi connectivity index (χ1v) is 37.9. The molecule has 0 unspecified atom stereocenters. The number of aliphatic hydroxyl groups is 3. The number of rotatable bonds is 9. The molecule has 13 nitrogen and oxygen atoms in total. The number of nitrogens with two attached hydrogens (primary N) is 2. The number of ether oxygens (including phenoxy) is 2. The standard InChI is InChI=1S/C85H90N4O9S/c1-47-14-15-55-40-63-25-30-65(55)71(47)44-77(99(94,95)96)72-42-59-38-58(41-64-34-49(46-90)10-6-12-52-39-62(91)24-29-69(52)82(59)97-64)78(72)51-16-22-61(23-17-51)85(98-63,89-83(86)87)76-43-56-21-32-74-66(31-33-73(56)84(74,93)75(76)35-48-8-4-3-5-9-48)53-20-27-68-54(36-53)19-26-67-60(45-88-2)37-57-13-7-11-50-18-28-70(81(68)92)80(67)79(50)57/h3-5,7-9,11,13,16-18,20-25,27-30,32,36-37,39-40,42,47,49,56,58,64,66,70-78,81-82,88,90-93H,10,14-15,19,26,31,33-35,38,41,43-46H2,1-2H3,(H4,86,87,89)(H,94,95,96)/t47-,49+,56-,58-,64-,66+,70-,71+,72-,73-,74-,75-,76+,77-,78+,81+,82-,84-,85-/m1/s1. The molecule has 7 aromatic carbocycles. The monoisotopic (exact) mass is 1340 g/mol. The molecular formula is C85H90N4O9S. The second-order valence-corrected chi connectivity index (χ2v) is 32.7. The van der Waals surface area contributed by atoms with Crippen molar-refractivity contribution in [3.8, 4) is 23.3 Å². The van der Waals surface area contributed by atoms with Crippen LogP contribution in [0.1, 0.15) is 178 Å². The van der Waals surface area contributed by atoms with Crippen molar-refractivity contribution < 1.29 is 42.9 Å². The van der Waals surface area contributed by atoms with E-state index in [0.717, 1.165) is 95.2 Å². The number of phenolic OH excluding ortho intramolecular Hbond substituents is 1. The van der Waals surface area contributed by atoms with Crippen LogP contribution in [0.15, 0.2) is 168 Å². The Morgan fingerprint density at radius 1 is 0.798 bits per heavy atom. The fourth-order valence-corrected chi connectivity index (χ4v) is 22.7. The van der Waals surface area contributed by atoms with Crippen LogP contribution >= 0.6 is 0 Å². The number of aryl methyl sites for hydroxylation is 2. The molecule has 7 aromatic rings. The lowest BCUT2D eigenvalue weighted by Gasteiger charge is -2.63. The van der Waals surface area contributed by atoms with Crippen LogP contribution < -0.4 is 21.5 Å². The highest BCUT2D eigenvalue weighted by molar-refractivity contribution is 7.86. The zero-order chi connectivity index (χ0) is 67.8. The quantitative estimate of drug-likeness (QED) is 0.0222. The Balaban J connectivity index is 0.808. The minimum atomic E-state index is -4.74. The number of phenols is 1. The van der Waals surface area contributed by atoms with Gasteiger partial charge in [-0.3, -0.25) is 4.55 Å². The summed E-state index contributed by atoms with van der Waals surface area (Å²) in [5.41, 5.74) is 26.1. The number of allylic oxidation sites excluding steroid dienone is 2. The van der Waals surface area contributed by atoms with Crippen molar-refractivity contribution in [2.45, 2.75) is 155 Å². The maximum Gasteiger partial charge on any atom is 0.268 e. The molecule has 10 N–H and O–H groups in total. The second-order valence-electron chi connectivity index (χ2n) is 31.1. The van der Waals surface area contributed by atoms with E-state index in [4.69, 9.17) is 25.9 Å². The molecule has 7 aliphatic carbocycles. The van der Waals surface area contributed by atoms with Gasteiger partial charge in [0.15, 0.2) is 5.96 Å². The van der Waals surface area contributed by atoms with E-state index in [1.54, 1.807) is 12.1 Å². The maximum absolute atomic E-state index is 14.9. The highest BCUT2D eigenvalue weighted by Crippen LogP contribution is 2.66. The minimum Gasteiger partial charge on any atom is -0.508 e. The van der Waals surface area contributed by atoms with Crippen LogP contribution in [0.25, 0.3) is 16.8 Å². The zero-order valence-electron chi connectivity index (χ0n) is 56.4. The molecule has 14 heteroatoms. The van der Waals surface area contributed by atoms with Crippen LogP contribution in [0.5, 0.6) is 11.5 Å². The van der Waals surface area contributed by atoms with E-state index in [1.165, 1.54) is 33.0 Å². The molecule has 99 heavy (non-hydrogen) atoms.